The molecule has 0 aliphatic carbocycles. The first kappa shape index (κ1) is 13.5. The summed E-state index contributed by atoms with van der Waals surface area (Å²) in [6, 6.07) is 11.5. The number of pyridine rings is 1. The highest BCUT2D eigenvalue weighted by molar-refractivity contribution is 5.93. The molecule has 1 N–H and O–H groups in total. The first-order valence-electron chi connectivity index (χ1n) is 7.13. The van der Waals surface area contributed by atoms with Crippen molar-refractivity contribution in [2.24, 2.45) is 0 Å². The van der Waals surface area contributed by atoms with Crippen LogP contribution in [0, 0.1) is 11.3 Å². The van der Waals surface area contributed by atoms with E-state index < -0.39 is 0 Å². The van der Waals surface area contributed by atoms with E-state index in [-0.39, 0.29) is 12.5 Å². The van der Waals surface area contributed by atoms with Gasteiger partial charge in [-0.15, -0.1) is 0 Å². The third-order valence-electron chi connectivity index (χ3n) is 3.80. The van der Waals surface area contributed by atoms with E-state index in [0.29, 0.717) is 12.2 Å². The van der Waals surface area contributed by atoms with Crippen LogP contribution < -0.4 is 5.32 Å². The molecule has 0 radical (unpaired) electrons. The Balaban J connectivity index is 1.84. The van der Waals surface area contributed by atoms with E-state index in [1.807, 2.05) is 28.7 Å². The normalized spacial score (nSPS) is 14.0. The minimum Gasteiger partial charge on any atom is -0.367 e. The molecule has 23 heavy (non-hydrogen) atoms. The Bertz CT molecular complexity index is 968. The molecule has 1 amide bonds. The van der Waals surface area contributed by atoms with Gasteiger partial charge in [0.2, 0.25) is 5.91 Å². The van der Waals surface area contributed by atoms with Crippen LogP contribution in [-0.4, -0.2) is 21.9 Å². The number of carbonyl (C=O) groups is 1. The largest absolute Gasteiger partial charge is 0.367 e. The number of carbonyl (C=O) groups excluding carboxylic acids is 1. The molecule has 2 aromatic heterocycles. The Kier molecular flexibility index (Phi) is 3.07. The molecule has 6 heteroatoms. The summed E-state index contributed by atoms with van der Waals surface area (Å²) in [7, 11) is 0. The van der Waals surface area contributed by atoms with E-state index in [2.05, 4.69) is 16.4 Å². The molecule has 6 nitrogen and oxygen atoms in total. The van der Waals surface area contributed by atoms with Gasteiger partial charge < -0.3 is 10.1 Å². The van der Waals surface area contributed by atoms with Crippen molar-refractivity contribution in [2.75, 3.05) is 11.9 Å². The van der Waals surface area contributed by atoms with Crippen molar-refractivity contribution >= 4 is 17.2 Å². The van der Waals surface area contributed by atoms with Crippen molar-refractivity contribution < 1.29 is 9.53 Å². The fourth-order valence-corrected chi connectivity index (χ4v) is 2.69. The number of imidazole rings is 1. The summed E-state index contributed by atoms with van der Waals surface area (Å²) >= 11 is 0. The number of fused-ring (bicyclic) bond motifs is 2. The zero-order valence-electron chi connectivity index (χ0n) is 12.1. The third-order valence-corrected chi connectivity index (χ3v) is 3.80. The fourth-order valence-electron chi connectivity index (χ4n) is 2.69. The number of aromatic nitrogens is 2. The summed E-state index contributed by atoms with van der Waals surface area (Å²) in [6.45, 7) is 0.438. The highest BCUT2D eigenvalue weighted by Crippen LogP contribution is 2.28. The van der Waals surface area contributed by atoms with Crippen molar-refractivity contribution in [1.29, 1.82) is 5.26 Å². The van der Waals surface area contributed by atoms with Crippen LogP contribution in [0.2, 0.25) is 0 Å². The molecule has 0 saturated heterocycles. The number of nitrogens with zero attached hydrogens (tertiary/aromatic N) is 3. The van der Waals surface area contributed by atoms with Crippen molar-refractivity contribution in [3.8, 4) is 17.3 Å². The minimum atomic E-state index is -0.148. The predicted octanol–water partition coefficient (Wildman–Crippen LogP) is 2.34. The van der Waals surface area contributed by atoms with E-state index in [1.165, 1.54) is 0 Å². The van der Waals surface area contributed by atoms with Gasteiger partial charge in [0.25, 0.3) is 0 Å². The van der Waals surface area contributed by atoms with Crippen LogP contribution in [-0.2, 0) is 16.1 Å². The molecule has 0 fully saturated rings. The first-order chi connectivity index (χ1) is 11.2. The first-order valence-corrected chi connectivity index (χ1v) is 7.13. The zero-order valence-corrected chi connectivity index (χ0v) is 12.1. The number of amides is 1. The molecule has 0 saturated carbocycles. The number of nitriles is 1. The van der Waals surface area contributed by atoms with Crippen molar-refractivity contribution in [3.63, 3.8) is 0 Å². The van der Waals surface area contributed by atoms with Crippen LogP contribution in [0.15, 0.2) is 42.7 Å². The maximum absolute atomic E-state index is 11.5. The molecule has 1 aliphatic rings. The van der Waals surface area contributed by atoms with Gasteiger partial charge in [-0.2, -0.15) is 5.26 Å². The molecule has 3 heterocycles. The number of ether oxygens (including phenoxy) is 1. The van der Waals surface area contributed by atoms with E-state index in [1.54, 1.807) is 18.5 Å². The lowest BCUT2D eigenvalue weighted by molar-refractivity contribution is -0.120. The second-order valence-electron chi connectivity index (χ2n) is 5.31. The number of hydrogen-bond donors (Lipinski definition) is 1. The Morgan fingerprint density at radius 2 is 2.17 bits per heavy atom. The average molecular weight is 304 g/mol. The number of rotatable bonds is 1. The van der Waals surface area contributed by atoms with E-state index in [0.717, 1.165) is 28.2 Å². The number of anilines is 1. The topological polar surface area (TPSA) is 79.4 Å². The van der Waals surface area contributed by atoms with Crippen LogP contribution in [0.5, 0.6) is 0 Å². The highest BCUT2D eigenvalue weighted by Gasteiger charge is 2.15. The van der Waals surface area contributed by atoms with E-state index in [9.17, 15) is 4.79 Å². The fraction of sp³-hybridized carbons (Fsp3) is 0.118. The van der Waals surface area contributed by atoms with Crippen LogP contribution in [0.4, 0.5) is 5.69 Å². The van der Waals surface area contributed by atoms with Gasteiger partial charge >= 0.3 is 0 Å². The lowest BCUT2D eigenvalue weighted by atomic mass is 10.1. The molecule has 0 unspecified atom stereocenters. The van der Waals surface area contributed by atoms with Crippen LogP contribution >= 0.6 is 0 Å². The Morgan fingerprint density at radius 1 is 1.26 bits per heavy atom. The number of benzene rings is 1. The van der Waals surface area contributed by atoms with E-state index >= 15 is 0 Å². The van der Waals surface area contributed by atoms with Crippen molar-refractivity contribution in [1.82, 2.24) is 9.38 Å². The number of hydrogen-bond acceptors (Lipinski definition) is 4. The quantitative estimate of drug-likeness (QED) is 0.748. The summed E-state index contributed by atoms with van der Waals surface area (Å²) in [5, 5.41) is 11.9. The summed E-state index contributed by atoms with van der Waals surface area (Å²) in [4.78, 5) is 15.9. The minimum absolute atomic E-state index is 0.0607. The van der Waals surface area contributed by atoms with Gasteiger partial charge in [-0.05, 0) is 24.3 Å². The third kappa shape index (κ3) is 2.33. The Morgan fingerprint density at radius 3 is 3.04 bits per heavy atom. The van der Waals surface area contributed by atoms with Gasteiger partial charge in [0.05, 0.1) is 24.1 Å². The Labute approximate surface area is 131 Å². The predicted molar refractivity (Wildman–Crippen MR) is 83.6 cm³/mol. The standard InChI is InChI=1S/C17H12N4O2/c18-6-11-1-4-16-19-7-15(21(16)8-11)12-2-3-14-13(5-12)9-23-10-17(22)20-14/h1-5,7-8H,9-10H2,(H,20,22). The van der Waals surface area contributed by atoms with Crippen molar-refractivity contribution in [2.45, 2.75) is 6.61 Å². The van der Waals surface area contributed by atoms with Crippen LogP contribution in [0.1, 0.15) is 11.1 Å². The van der Waals surface area contributed by atoms with Crippen LogP contribution in [0.3, 0.4) is 0 Å². The second-order valence-corrected chi connectivity index (χ2v) is 5.31. The highest BCUT2D eigenvalue weighted by atomic mass is 16.5. The molecule has 1 aromatic carbocycles. The molecular weight excluding hydrogens is 292 g/mol. The summed E-state index contributed by atoms with van der Waals surface area (Å²) < 4.78 is 7.24. The summed E-state index contributed by atoms with van der Waals surface area (Å²) in [5.74, 6) is -0.148. The second kappa shape index (κ2) is 5.23. The molecule has 0 atom stereocenters. The van der Waals surface area contributed by atoms with Gasteiger partial charge in [-0.3, -0.25) is 9.20 Å². The number of nitrogens with one attached hydrogen (secondary N) is 1. The lowest BCUT2D eigenvalue weighted by Crippen LogP contribution is -2.14. The van der Waals surface area contributed by atoms with Gasteiger partial charge in [0.1, 0.15) is 18.3 Å². The summed E-state index contributed by atoms with van der Waals surface area (Å²) in [6.07, 6.45) is 3.54. The molecule has 3 aromatic rings. The SMILES string of the molecule is N#Cc1ccc2ncc(-c3ccc4c(c3)COCC(=O)N4)n2c1. The maximum atomic E-state index is 11.5. The van der Waals surface area contributed by atoms with Gasteiger partial charge in [-0.25, -0.2) is 4.98 Å². The molecule has 112 valence electrons. The zero-order chi connectivity index (χ0) is 15.8. The maximum Gasteiger partial charge on any atom is 0.250 e. The van der Waals surface area contributed by atoms with Gasteiger partial charge in [-0.1, -0.05) is 6.07 Å². The lowest BCUT2D eigenvalue weighted by Gasteiger charge is -2.09. The molecule has 0 spiro atoms. The van der Waals surface area contributed by atoms with Gasteiger partial charge in [0.15, 0.2) is 0 Å². The van der Waals surface area contributed by atoms with Crippen molar-refractivity contribution in [3.05, 3.63) is 53.9 Å². The van der Waals surface area contributed by atoms with Gasteiger partial charge in [0, 0.05) is 23.0 Å². The monoisotopic (exact) mass is 304 g/mol. The van der Waals surface area contributed by atoms with Crippen LogP contribution in [0.25, 0.3) is 16.9 Å². The molecule has 0 bridgehead atoms. The smallest absolute Gasteiger partial charge is 0.250 e. The molecule has 4 rings (SSSR count). The molecular formula is C17H12N4O2. The summed E-state index contributed by atoms with van der Waals surface area (Å²) in [5.41, 5.74) is 4.87. The Hall–Kier alpha value is -3.17. The molecule has 1 aliphatic heterocycles. The average Bonchev–Trinajstić information content (AvgIpc) is 2.89. The van der Waals surface area contributed by atoms with E-state index in [4.69, 9.17) is 10.00 Å².